The first-order valence-electron chi connectivity index (χ1n) is 24.2. The predicted molar refractivity (Wildman–Crippen MR) is 209 cm³/mol. The second-order valence-electron chi connectivity index (χ2n) is 21.3. The lowest BCUT2D eigenvalue weighted by Gasteiger charge is -2.54. The molecule has 0 spiro atoms. The molecule has 4 nitrogen and oxygen atoms in total. The predicted octanol–water partition coefficient (Wildman–Crippen LogP) is 10.9. The van der Waals surface area contributed by atoms with E-state index in [9.17, 15) is 0 Å². The largest absolute Gasteiger partial charge is 0.374 e. The summed E-state index contributed by atoms with van der Waals surface area (Å²) in [7, 11) is 0. The molecule has 10 fully saturated rings. The van der Waals surface area contributed by atoms with E-state index in [1.54, 1.807) is 44.9 Å². The van der Waals surface area contributed by atoms with Crippen LogP contribution in [-0.4, -0.2) is 30.7 Å². The zero-order valence-electron chi connectivity index (χ0n) is 32.8. The van der Waals surface area contributed by atoms with E-state index in [4.69, 9.17) is 4.74 Å². The van der Waals surface area contributed by atoms with Crippen molar-refractivity contribution in [2.24, 2.45) is 76.9 Å². The molecule has 288 valence electrons. The Morgan fingerprint density at radius 2 is 0.686 bits per heavy atom. The van der Waals surface area contributed by atoms with Crippen LogP contribution in [0.5, 0.6) is 0 Å². The highest BCUT2D eigenvalue weighted by atomic mass is 16.5. The molecular formula is C47H79N3O. The van der Waals surface area contributed by atoms with E-state index < -0.39 is 0 Å². The quantitative estimate of drug-likeness (QED) is 0.267. The molecule has 13 atom stereocenters. The SMILES string of the molecule is C1CCC(C2NC(C3CCCCC3)NC(C3CC4C5CCCC(C6CCC(C7CCC8CCCCC8C7)CC6)C5OC4C4CCCCC34)N2)CC1. The van der Waals surface area contributed by atoms with E-state index >= 15 is 0 Å². The number of ether oxygens (including phenoxy) is 1. The highest BCUT2D eigenvalue weighted by molar-refractivity contribution is 5.08. The topological polar surface area (TPSA) is 45.3 Å². The minimum Gasteiger partial charge on any atom is -0.374 e. The Kier molecular flexibility index (Phi) is 10.9. The molecule has 0 amide bonds. The van der Waals surface area contributed by atoms with Crippen LogP contribution in [0.3, 0.4) is 0 Å². The third kappa shape index (κ3) is 7.09. The van der Waals surface area contributed by atoms with Gasteiger partial charge in [0, 0.05) is 0 Å². The van der Waals surface area contributed by atoms with Crippen LogP contribution >= 0.6 is 0 Å². The number of nitrogens with one attached hydrogen (secondary N) is 3. The summed E-state index contributed by atoms with van der Waals surface area (Å²) in [5, 5.41) is 13.0. The van der Waals surface area contributed by atoms with Crippen molar-refractivity contribution in [2.75, 3.05) is 0 Å². The minimum atomic E-state index is 0.494. The Labute approximate surface area is 313 Å². The van der Waals surface area contributed by atoms with Crippen molar-refractivity contribution in [1.29, 1.82) is 0 Å². The highest BCUT2D eigenvalue weighted by Gasteiger charge is 2.59. The van der Waals surface area contributed by atoms with E-state index in [-0.39, 0.29) is 0 Å². The monoisotopic (exact) mass is 702 g/mol. The van der Waals surface area contributed by atoms with Crippen molar-refractivity contribution in [1.82, 2.24) is 16.0 Å². The Hall–Kier alpha value is -0.160. The summed E-state index contributed by atoms with van der Waals surface area (Å²) in [6.45, 7) is 0. The van der Waals surface area contributed by atoms with Crippen LogP contribution in [0.1, 0.15) is 186 Å². The van der Waals surface area contributed by atoms with Gasteiger partial charge in [0.15, 0.2) is 0 Å². The minimum absolute atomic E-state index is 0.494. The Morgan fingerprint density at radius 3 is 1.39 bits per heavy atom. The summed E-state index contributed by atoms with van der Waals surface area (Å²) in [4.78, 5) is 0. The molecule has 2 heterocycles. The lowest BCUT2D eigenvalue weighted by Crippen LogP contribution is -2.73. The fraction of sp³-hybridized carbons (Fsp3) is 1.00. The molecular weight excluding hydrogens is 623 g/mol. The zero-order valence-corrected chi connectivity index (χ0v) is 32.8. The molecule has 0 aromatic rings. The van der Waals surface area contributed by atoms with Crippen LogP contribution in [0, 0.1) is 76.9 Å². The first kappa shape index (κ1) is 35.3. The molecule has 8 aliphatic carbocycles. The Balaban J connectivity index is 0.834. The van der Waals surface area contributed by atoms with Crippen molar-refractivity contribution in [3.63, 3.8) is 0 Å². The molecule has 0 aromatic carbocycles. The van der Waals surface area contributed by atoms with Gasteiger partial charge in [0.1, 0.15) is 0 Å². The van der Waals surface area contributed by atoms with Gasteiger partial charge in [0.25, 0.3) is 0 Å². The van der Waals surface area contributed by atoms with E-state index in [1.807, 2.05) is 0 Å². The van der Waals surface area contributed by atoms with Gasteiger partial charge in [-0.15, -0.1) is 0 Å². The Morgan fingerprint density at radius 1 is 0.255 bits per heavy atom. The highest BCUT2D eigenvalue weighted by Crippen LogP contribution is 2.59. The molecule has 0 aromatic heterocycles. The van der Waals surface area contributed by atoms with E-state index in [0.29, 0.717) is 30.7 Å². The molecule has 0 bridgehead atoms. The lowest BCUT2D eigenvalue weighted by molar-refractivity contribution is -0.103. The van der Waals surface area contributed by atoms with Gasteiger partial charge in [-0.1, -0.05) is 83.5 Å². The maximum absolute atomic E-state index is 7.62. The number of hydrogen-bond acceptors (Lipinski definition) is 4. The molecule has 4 heteroatoms. The summed E-state index contributed by atoms with van der Waals surface area (Å²) >= 11 is 0. The summed E-state index contributed by atoms with van der Waals surface area (Å²) in [5.74, 6) is 11.9. The molecule has 13 unspecified atom stereocenters. The standard InChI is InChI=1S/C47H79N3O/c1-3-13-33(14-4-1)45-48-46(34-15-5-2-6-16-34)50-47(49-45)42-29-41-40-21-11-20-37(43(40)51-44(41)39-19-10-9-18-38(39)42)32-25-22-31(23-26-32)36-27-24-30-12-7-8-17-35(30)28-36/h30-50H,1-29H2. The smallest absolute Gasteiger partial charge is 0.0641 e. The summed E-state index contributed by atoms with van der Waals surface area (Å²) in [6, 6.07) is 0. The maximum Gasteiger partial charge on any atom is 0.0641 e. The van der Waals surface area contributed by atoms with Crippen molar-refractivity contribution in [3.05, 3.63) is 0 Å². The van der Waals surface area contributed by atoms with Crippen LogP contribution in [0.2, 0.25) is 0 Å². The van der Waals surface area contributed by atoms with Gasteiger partial charge < -0.3 is 4.74 Å². The number of fused-ring (bicyclic) bond motifs is 6. The average molecular weight is 702 g/mol. The molecule has 3 N–H and O–H groups in total. The van der Waals surface area contributed by atoms with Gasteiger partial charge >= 0.3 is 0 Å². The van der Waals surface area contributed by atoms with E-state index in [1.165, 1.54) is 141 Å². The normalized spacial score (nSPS) is 51.5. The summed E-state index contributed by atoms with van der Waals surface area (Å²) in [5.41, 5.74) is 0. The number of hydrogen-bond donors (Lipinski definition) is 3. The van der Waals surface area contributed by atoms with Crippen LogP contribution < -0.4 is 16.0 Å². The van der Waals surface area contributed by atoms with Gasteiger partial charge in [-0.05, 0) is 180 Å². The van der Waals surface area contributed by atoms with Crippen LogP contribution in [0.15, 0.2) is 0 Å². The molecule has 8 saturated carbocycles. The molecule has 2 aliphatic heterocycles. The molecule has 10 rings (SSSR count). The van der Waals surface area contributed by atoms with Crippen LogP contribution in [0.25, 0.3) is 0 Å². The fourth-order valence-corrected chi connectivity index (χ4v) is 16.5. The zero-order chi connectivity index (χ0) is 33.7. The molecule has 10 aliphatic rings. The molecule has 2 saturated heterocycles. The van der Waals surface area contributed by atoms with E-state index in [2.05, 4.69) is 16.0 Å². The first-order chi connectivity index (χ1) is 25.3. The van der Waals surface area contributed by atoms with Crippen LogP contribution in [-0.2, 0) is 4.74 Å². The van der Waals surface area contributed by atoms with Gasteiger partial charge in [-0.25, -0.2) is 0 Å². The van der Waals surface area contributed by atoms with E-state index in [0.717, 1.165) is 76.9 Å². The van der Waals surface area contributed by atoms with Crippen molar-refractivity contribution in [2.45, 2.75) is 217 Å². The fourth-order valence-electron chi connectivity index (χ4n) is 16.5. The van der Waals surface area contributed by atoms with Crippen LogP contribution in [0.4, 0.5) is 0 Å². The first-order valence-corrected chi connectivity index (χ1v) is 24.2. The third-order valence-corrected chi connectivity index (χ3v) is 19.0. The molecule has 0 radical (unpaired) electrons. The van der Waals surface area contributed by atoms with Crippen molar-refractivity contribution < 1.29 is 4.74 Å². The van der Waals surface area contributed by atoms with Gasteiger partial charge in [0.05, 0.1) is 30.7 Å². The van der Waals surface area contributed by atoms with Gasteiger partial charge in [0.2, 0.25) is 0 Å². The van der Waals surface area contributed by atoms with Gasteiger partial charge in [-0.2, -0.15) is 0 Å². The third-order valence-electron chi connectivity index (χ3n) is 19.0. The summed E-state index contributed by atoms with van der Waals surface area (Å²) in [6.07, 6.45) is 45.9. The summed E-state index contributed by atoms with van der Waals surface area (Å²) < 4.78 is 7.62. The van der Waals surface area contributed by atoms with Crippen molar-refractivity contribution in [3.8, 4) is 0 Å². The second-order valence-corrected chi connectivity index (χ2v) is 21.3. The Bertz CT molecular complexity index is 1100. The lowest BCUT2D eigenvalue weighted by atomic mass is 9.56. The number of rotatable bonds is 5. The van der Waals surface area contributed by atoms with Crippen molar-refractivity contribution >= 4 is 0 Å². The second kappa shape index (κ2) is 15.8. The van der Waals surface area contributed by atoms with Gasteiger partial charge in [-0.3, -0.25) is 16.0 Å². The average Bonchev–Trinajstić information content (AvgIpc) is 3.60. The maximum atomic E-state index is 7.62. The molecule has 51 heavy (non-hydrogen) atoms.